The number of hydrogen-bond donors (Lipinski definition) is 1. The number of ether oxygens (including phenoxy) is 2. The van der Waals surface area contributed by atoms with E-state index in [1.807, 2.05) is 24.0 Å². The third kappa shape index (κ3) is 5.78. The second-order valence-electron chi connectivity index (χ2n) is 8.50. The van der Waals surface area contributed by atoms with E-state index in [1.54, 1.807) is 0 Å². The summed E-state index contributed by atoms with van der Waals surface area (Å²) >= 11 is 0. The molecule has 6 nitrogen and oxygen atoms in total. The Kier molecular flexibility index (Phi) is 7.64. The Balaban J connectivity index is 1.55. The Labute approximate surface area is 175 Å². The molecule has 1 atom stereocenters. The van der Waals surface area contributed by atoms with Crippen LogP contribution >= 0.6 is 0 Å². The smallest absolute Gasteiger partial charge is 0.321 e. The second kappa shape index (κ2) is 10.2. The van der Waals surface area contributed by atoms with Crippen LogP contribution in [0.25, 0.3) is 0 Å². The molecule has 2 aliphatic heterocycles. The number of rotatable bonds is 8. The third-order valence-electron chi connectivity index (χ3n) is 5.90. The average Bonchev–Trinajstić information content (AvgIpc) is 3.06. The maximum absolute atomic E-state index is 12.9. The highest BCUT2D eigenvalue weighted by molar-refractivity contribution is 5.91. The van der Waals surface area contributed by atoms with E-state index in [0.29, 0.717) is 18.2 Å². The highest BCUT2D eigenvalue weighted by atomic mass is 16.5. The number of benzene rings is 1. The molecule has 1 unspecified atom stereocenters. The van der Waals surface area contributed by atoms with Gasteiger partial charge in [0.2, 0.25) is 0 Å². The summed E-state index contributed by atoms with van der Waals surface area (Å²) in [5.74, 6) is 2.25. The lowest BCUT2D eigenvalue weighted by molar-refractivity contribution is 0.163. The number of unbranched alkanes of at least 4 members (excludes halogenated alkanes) is 1. The van der Waals surface area contributed by atoms with Gasteiger partial charge in [0.25, 0.3) is 0 Å². The van der Waals surface area contributed by atoms with Crippen LogP contribution in [0, 0.1) is 5.92 Å². The lowest BCUT2D eigenvalue weighted by Gasteiger charge is -2.34. The van der Waals surface area contributed by atoms with Gasteiger partial charge in [-0.25, -0.2) is 4.79 Å². The topological polar surface area (TPSA) is 54.0 Å². The van der Waals surface area contributed by atoms with Crippen molar-refractivity contribution in [1.29, 1.82) is 0 Å². The number of nitrogens with zero attached hydrogens (tertiary/aromatic N) is 2. The Bertz CT molecular complexity index is 686. The molecule has 2 aliphatic rings. The zero-order valence-electron chi connectivity index (χ0n) is 18.5. The van der Waals surface area contributed by atoms with Crippen molar-refractivity contribution in [3.8, 4) is 11.5 Å². The molecule has 2 amide bonds. The molecule has 1 fully saturated rings. The number of amides is 2. The van der Waals surface area contributed by atoms with E-state index in [9.17, 15) is 4.79 Å². The van der Waals surface area contributed by atoms with E-state index in [-0.39, 0.29) is 12.1 Å². The second-order valence-corrected chi connectivity index (χ2v) is 8.50. The summed E-state index contributed by atoms with van der Waals surface area (Å²) in [7, 11) is 2.21. The van der Waals surface area contributed by atoms with Crippen LogP contribution in [0.2, 0.25) is 0 Å². The number of anilines is 1. The van der Waals surface area contributed by atoms with E-state index >= 15 is 0 Å². The fraction of sp³-hybridized carbons (Fsp3) is 0.696. The van der Waals surface area contributed by atoms with Gasteiger partial charge in [0.15, 0.2) is 0 Å². The summed E-state index contributed by atoms with van der Waals surface area (Å²) in [6.45, 7) is 10.7. The molecular formula is C23H37N3O3. The van der Waals surface area contributed by atoms with Gasteiger partial charge in [0.05, 0.1) is 12.3 Å². The maximum atomic E-state index is 12.9. The molecule has 1 aromatic rings. The van der Waals surface area contributed by atoms with Crippen LogP contribution < -0.4 is 14.8 Å². The summed E-state index contributed by atoms with van der Waals surface area (Å²) in [5.41, 5.74) is 1.85. The Morgan fingerprint density at radius 2 is 2.07 bits per heavy atom. The van der Waals surface area contributed by atoms with Gasteiger partial charge in [0.1, 0.15) is 17.6 Å². The van der Waals surface area contributed by atoms with Crippen LogP contribution in [-0.4, -0.2) is 61.8 Å². The van der Waals surface area contributed by atoms with Crippen LogP contribution in [-0.2, 0) is 6.42 Å². The van der Waals surface area contributed by atoms with Gasteiger partial charge in [-0.2, -0.15) is 0 Å². The molecule has 2 heterocycles. The van der Waals surface area contributed by atoms with Crippen molar-refractivity contribution < 1.29 is 14.3 Å². The van der Waals surface area contributed by atoms with Crippen molar-refractivity contribution >= 4 is 11.7 Å². The highest BCUT2D eigenvalue weighted by Gasteiger charge is 2.26. The van der Waals surface area contributed by atoms with Gasteiger partial charge in [-0.3, -0.25) is 0 Å². The summed E-state index contributed by atoms with van der Waals surface area (Å²) in [4.78, 5) is 17.2. The summed E-state index contributed by atoms with van der Waals surface area (Å²) in [6, 6.07) is 3.88. The van der Waals surface area contributed by atoms with E-state index < -0.39 is 0 Å². The molecule has 3 rings (SSSR count). The van der Waals surface area contributed by atoms with Crippen LogP contribution in [0.15, 0.2) is 12.1 Å². The average molecular weight is 404 g/mol. The number of hydrogen-bond acceptors (Lipinski definition) is 4. The number of nitrogens with one attached hydrogen (secondary N) is 1. The zero-order chi connectivity index (χ0) is 20.8. The molecule has 29 heavy (non-hydrogen) atoms. The first-order chi connectivity index (χ1) is 14.0. The van der Waals surface area contributed by atoms with Gasteiger partial charge >= 0.3 is 6.03 Å². The van der Waals surface area contributed by atoms with Crippen LogP contribution in [0.1, 0.15) is 52.0 Å². The van der Waals surface area contributed by atoms with Crippen molar-refractivity contribution in [1.82, 2.24) is 9.80 Å². The minimum Gasteiger partial charge on any atom is -0.492 e. The number of urea groups is 1. The van der Waals surface area contributed by atoms with Gasteiger partial charge in [-0.15, -0.1) is 0 Å². The first-order valence-electron chi connectivity index (χ1n) is 11.2. The minimum atomic E-state index is -0.0465. The maximum Gasteiger partial charge on any atom is 0.321 e. The van der Waals surface area contributed by atoms with E-state index in [1.165, 1.54) is 12.8 Å². The van der Waals surface area contributed by atoms with Crippen LogP contribution in [0.4, 0.5) is 10.5 Å². The van der Waals surface area contributed by atoms with Gasteiger partial charge in [0, 0.05) is 37.7 Å². The van der Waals surface area contributed by atoms with Crippen LogP contribution in [0.3, 0.4) is 0 Å². The van der Waals surface area contributed by atoms with Crippen molar-refractivity contribution in [2.45, 2.75) is 59.0 Å². The fourth-order valence-corrected chi connectivity index (χ4v) is 4.28. The molecule has 1 aromatic carbocycles. The largest absolute Gasteiger partial charge is 0.492 e. The molecule has 1 N–H and O–H groups in total. The number of carbonyl (C=O) groups is 1. The van der Waals surface area contributed by atoms with Gasteiger partial charge in [-0.05, 0) is 58.7 Å². The molecule has 6 heteroatoms. The standard InChI is InChI=1S/C23H37N3O3/c1-5-7-10-25(4)16-18-8-11-26(12-9-18)23(27)24-20-15-21-19(13-17(3)29-21)14-22(20)28-6-2/h14-15,17-18H,5-13,16H2,1-4H3,(H,24,27). The van der Waals surface area contributed by atoms with Crippen molar-refractivity contribution in [2.75, 3.05) is 45.2 Å². The van der Waals surface area contributed by atoms with Crippen molar-refractivity contribution in [3.63, 3.8) is 0 Å². The van der Waals surface area contributed by atoms with Gasteiger partial charge < -0.3 is 24.6 Å². The molecule has 0 aromatic heterocycles. The lowest BCUT2D eigenvalue weighted by atomic mass is 9.96. The molecule has 162 valence electrons. The predicted molar refractivity (Wildman–Crippen MR) is 117 cm³/mol. The molecule has 1 saturated heterocycles. The van der Waals surface area contributed by atoms with Gasteiger partial charge in [-0.1, -0.05) is 13.3 Å². The first-order valence-corrected chi connectivity index (χ1v) is 11.2. The molecule has 0 aliphatic carbocycles. The monoisotopic (exact) mass is 403 g/mol. The van der Waals surface area contributed by atoms with E-state index in [4.69, 9.17) is 9.47 Å². The summed E-state index contributed by atoms with van der Waals surface area (Å²) in [6.07, 6.45) is 5.66. The predicted octanol–water partition coefficient (Wildman–Crippen LogP) is 4.38. The Morgan fingerprint density at radius 3 is 2.76 bits per heavy atom. The van der Waals surface area contributed by atoms with Crippen LogP contribution in [0.5, 0.6) is 11.5 Å². The molecule has 0 bridgehead atoms. The quantitative estimate of drug-likeness (QED) is 0.700. The Morgan fingerprint density at radius 1 is 1.31 bits per heavy atom. The first kappa shape index (κ1) is 21.8. The molecule has 0 radical (unpaired) electrons. The summed E-state index contributed by atoms with van der Waals surface area (Å²) in [5, 5.41) is 3.06. The van der Waals surface area contributed by atoms with E-state index in [2.05, 4.69) is 31.1 Å². The zero-order valence-corrected chi connectivity index (χ0v) is 18.5. The molecule has 0 saturated carbocycles. The van der Waals surface area contributed by atoms with Crippen molar-refractivity contribution in [2.24, 2.45) is 5.92 Å². The SMILES string of the molecule is CCCCN(C)CC1CCN(C(=O)Nc2cc3c(cc2OCC)CC(C)O3)CC1. The number of fused-ring (bicyclic) bond motifs is 1. The number of piperidine rings is 1. The molecule has 0 spiro atoms. The van der Waals surface area contributed by atoms with Crippen molar-refractivity contribution in [3.05, 3.63) is 17.7 Å². The highest BCUT2D eigenvalue weighted by Crippen LogP contribution is 2.38. The number of carbonyl (C=O) groups excluding carboxylic acids is 1. The fourth-order valence-electron chi connectivity index (χ4n) is 4.28. The molecular weight excluding hydrogens is 366 g/mol. The Hall–Kier alpha value is -1.95. The third-order valence-corrected chi connectivity index (χ3v) is 5.90. The normalized spacial score (nSPS) is 19.2. The minimum absolute atomic E-state index is 0.0465. The van der Waals surface area contributed by atoms with E-state index in [0.717, 1.165) is 62.5 Å². The number of likely N-dealkylation sites (tertiary alicyclic amines) is 1. The lowest BCUT2D eigenvalue weighted by Crippen LogP contribution is -2.43. The summed E-state index contributed by atoms with van der Waals surface area (Å²) < 4.78 is 11.6.